The van der Waals surface area contributed by atoms with E-state index in [1.54, 1.807) is 24.3 Å². The van der Waals surface area contributed by atoms with Crippen molar-refractivity contribution in [1.82, 2.24) is 10.2 Å². The summed E-state index contributed by atoms with van der Waals surface area (Å²) in [5, 5.41) is 3.35. The van der Waals surface area contributed by atoms with Crippen LogP contribution in [0.15, 0.2) is 102 Å². The summed E-state index contributed by atoms with van der Waals surface area (Å²) in [5.74, 6) is -1.24. The maximum Gasteiger partial charge on any atom is 0.264 e. The SMILES string of the molecule is COc1ccc(S(=O)(=O)N(CC(=O)N(Cc2ccccc2Cl)C(Cc2ccccc2)C(=O)NC(C)(C)C)c2ccc(F)cc2)cc1OC. The Morgan fingerprint density at radius 2 is 1.50 bits per heavy atom. The first kappa shape index (κ1) is 36.2. The Bertz CT molecular complexity index is 1830. The van der Waals surface area contributed by atoms with E-state index < -0.39 is 45.8 Å². The molecule has 12 heteroatoms. The Morgan fingerprint density at radius 1 is 0.875 bits per heavy atom. The van der Waals surface area contributed by atoms with E-state index in [2.05, 4.69) is 5.32 Å². The number of benzene rings is 4. The lowest BCUT2D eigenvalue weighted by Crippen LogP contribution is -2.56. The summed E-state index contributed by atoms with van der Waals surface area (Å²) < 4.78 is 54.1. The fraction of sp³-hybridized carbons (Fsp3) is 0.278. The topological polar surface area (TPSA) is 105 Å². The Balaban J connectivity index is 1.85. The van der Waals surface area contributed by atoms with Crippen LogP contribution in [-0.4, -0.2) is 57.5 Å². The number of carbonyl (C=O) groups is 2. The molecule has 0 radical (unpaired) electrons. The van der Waals surface area contributed by atoms with Gasteiger partial charge in [0.2, 0.25) is 11.8 Å². The van der Waals surface area contributed by atoms with Gasteiger partial charge in [0, 0.05) is 29.6 Å². The second-order valence-electron chi connectivity index (χ2n) is 12.1. The van der Waals surface area contributed by atoms with Crippen LogP contribution in [0.1, 0.15) is 31.9 Å². The van der Waals surface area contributed by atoms with E-state index >= 15 is 0 Å². The Kier molecular flexibility index (Phi) is 11.7. The van der Waals surface area contributed by atoms with Crippen LogP contribution in [0, 0.1) is 5.82 Å². The lowest BCUT2D eigenvalue weighted by atomic mass is 10.0. The summed E-state index contributed by atoms with van der Waals surface area (Å²) in [6.07, 6.45) is 0.137. The highest BCUT2D eigenvalue weighted by Crippen LogP contribution is 2.33. The van der Waals surface area contributed by atoms with Gasteiger partial charge in [0.1, 0.15) is 18.4 Å². The van der Waals surface area contributed by atoms with Gasteiger partial charge in [0.25, 0.3) is 10.0 Å². The molecule has 4 rings (SSSR count). The van der Waals surface area contributed by atoms with Crippen LogP contribution in [0.5, 0.6) is 11.5 Å². The molecule has 4 aromatic rings. The van der Waals surface area contributed by atoms with E-state index in [1.165, 1.54) is 49.5 Å². The number of anilines is 1. The van der Waals surface area contributed by atoms with Gasteiger partial charge in [-0.15, -0.1) is 0 Å². The molecule has 0 saturated heterocycles. The van der Waals surface area contributed by atoms with Crippen molar-refractivity contribution >= 4 is 39.1 Å². The van der Waals surface area contributed by atoms with E-state index in [9.17, 15) is 22.4 Å². The Labute approximate surface area is 286 Å². The maximum absolute atomic E-state index is 14.6. The average molecular weight is 696 g/mol. The van der Waals surface area contributed by atoms with Gasteiger partial charge in [-0.1, -0.05) is 60.1 Å². The molecule has 48 heavy (non-hydrogen) atoms. The minimum absolute atomic E-state index is 0.0379. The third-order valence-corrected chi connectivity index (χ3v) is 9.54. The Morgan fingerprint density at radius 3 is 2.10 bits per heavy atom. The van der Waals surface area contributed by atoms with Crippen molar-refractivity contribution in [2.75, 3.05) is 25.1 Å². The number of carbonyl (C=O) groups excluding carboxylic acids is 2. The van der Waals surface area contributed by atoms with Crippen molar-refractivity contribution in [2.24, 2.45) is 0 Å². The molecule has 1 unspecified atom stereocenters. The highest BCUT2D eigenvalue weighted by molar-refractivity contribution is 7.92. The highest BCUT2D eigenvalue weighted by Gasteiger charge is 2.36. The van der Waals surface area contributed by atoms with Crippen LogP contribution < -0.4 is 19.1 Å². The normalized spacial score (nSPS) is 12.1. The molecule has 1 N–H and O–H groups in total. The first-order valence-electron chi connectivity index (χ1n) is 15.1. The monoisotopic (exact) mass is 695 g/mol. The van der Waals surface area contributed by atoms with E-state index in [-0.39, 0.29) is 29.3 Å². The number of rotatable bonds is 13. The number of halogens is 2. The number of nitrogens with one attached hydrogen (secondary N) is 1. The zero-order valence-corrected chi connectivity index (χ0v) is 29.0. The van der Waals surface area contributed by atoms with E-state index in [1.807, 2.05) is 51.1 Å². The maximum atomic E-state index is 14.6. The number of amides is 2. The third-order valence-electron chi connectivity index (χ3n) is 7.40. The number of sulfonamides is 1. The molecule has 2 amide bonds. The van der Waals surface area contributed by atoms with Crippen LogP contribution in [0.3, 0.4) is 0 Å². The number of hydrogen-bond donors (Lipinski definition) is 1. The summed E-state index contributed by atoms with van der Waals surface area (Å²) in [6, 6.07) is 23.9. The Hall–Kier alpha value is -4.61. The van der Waals surface area contributed by atoms with Crippen LogP contribution in [0.2, 0.25) is 5.02 Å². The van der Waals surface area contributed by atoms with Gasteiger partial charge in [-0.25, -0.2) is 12.8 Å². The number of methoxy groups -OCH3 is 2. The van der Waals surface area contributed by atoms with E-state index in [4.69, 9.17) is 21.1 Å². The minimum Gasteiger partial charge on any atom is -0.493 e. The fourth-order valence-corrected chi connectivity index (χ4v) is 6.68. The van der Waals surface area contributed by atoms with E-state index in [0.717, 1.165) is 22.0 Å². The molecule has 0 heterocycles. The van der Waals surface area contributed by atoms with Crippen molar-refractivity contribution in [2.45, 2.75) is 50.2 Å². The molecule has 0 aromatic heterocycles. The largest absolute Gasteiger partial charge is 0.493 e. The summed E-state index contributed by atoms with van der Waals surface area (Å²) in [7, 11) is -1.67. The van der Waals surface area contributed by atoms with Crippen molar-refractivity contribution in [3.63, 3.8) is 0 Å². The van der Waals surface area contributed by atoms with Gasteiger partial charge in [-0.3, -0.25) is 13.9 Å². The standard InChI is InChI=1S/C36H39ClFN3O6S/c1-36(2,3)39-35(43)31(21-25-11-7-6-8-12-25)40(23-26-13-9-10-14-30(26)37)34(42)24-41(28-17-15-27(38)16-18-28)48(44,45)29-19-20-32(46-4)33(22-29)47-5/h6-20,22,31H,21,23-24H2,1-5H3,(H,39,43). The molecule has 4 aromatic carbocycles. The van der Waals surface area contributed by atoms with Gasteiger partial charge < -0.3 is 19.7 Å². The summed E-state index contributed by atoms with van der Waals surface area (Å²) in [6.45, 7) is 4.67. The molecule has 0 aliphatic rings. The van der Waals surface area contributed by atoms with Crippen LogP contribution >= 0.6 is 11.6 Å². The quantitative estimate of drug-likeness (QED) is 0.177. The predicted molar refractivity (Wildman–Crippen MR) is 184 cm³/mol. The number of nitrogens with zero attached hydrogens (tertiary/aromatic N) is 2. The molecule has 0 spiro atoms. The minimum atomic E-state index is -4.47. The molecule has 0 fully saturated rings. The van der Waals surface area contributed by atoms with Crippen molar-refractivity contribution in [3.8, 4) is 11.5 Å². The lowest BCUT2D eigenvalue weighted by Gasteiger charge is -2.35. The van der Waals surface area contributed by atoms with Crippen LogP contribution in [0.4, 0.5) is 10.1 Å². The third kappa shape index (κ3) is 9.05. The molecule has 254 valence electrons. The summed E-state index contributed by atoms with van der Waals surface area (Å²) in [4.78, 5) is 29.7. The highest BCUT2D eigenvalue weighted by atomic mass is 35.5. The molecule has 0 saturated carbocycles. The average Bonchev–Trinajstić information content (AvgIpc) is 3.05. The molecular formula is C36H39ClFN3O6S. The molecular weight excluding hydrogens is 657 g/mol. The summed E-state index contributed by atoms with van der Waals surface area (Å²) in [5.41, 5.74) is 0.750. The molecule has 9 nitrogen and oxygen atoms in total. The van der Waals surface area contributed by atoms with Crippen LogP contribution in [-0.2, 0) is 32.6 Å². The van der Waals surface area contributed by atoms with Gasteiger partial charge in [0.05, 0.1) is 24.8 Å². The van der Waals surface area contributed by atoms with Gasteiger partial charge in [0.15, 0.2) is 11.5 Å². The first-order chi connectivity index (χ1) is 22.7. The van der Waals surface area contributed by atoms with Gasteiger partial charge in [-0.2, -0.15) is 0 Å². The van der Waals surface area contributed by atoms with Crippen LogP contribution in [0.25, 0.3) is 0 Å². The van der Waals surface area contributed by atoms with Gasteiger partial charge >= 0.3 is 0 Å². The second kappa shape index (κ2) is 15.5. The zero-order chi connectivity index (χ0) is 35.1. The molecule has 0 aliphatic carbocycles. The van der Waals surface area contributed by atoms with Crippen molar-refractivity contribution in [1.29, 1.82) is 0 Å². The molecule has 0 bridgehead atoms. The predicted octanol–water partition coefficient (Wildman–Crippen LogP) is 6.25. The first-order valence-corrected chi connectivity index (χ1v) is 16.9. The summed E-state index contributed by atoms with van der Waals surface area (Å²) >= 11 is 6.54. The number of hydrogen-bond acceptors (Lipinski definition) is 6. The fourth-order valence-electron chi connectivity index (χ4n) is 5.06. The lowest BCUT2D eigenvalue weighted by molar-refractivity contribution is -0.140. The zero-order valence-electron chi connectivity index (χ0n) is 27.4. The van der Waals surface area contributed by atoms with Gasteiger partial charge in [-0.05, 0) is 74.4 Å². The molecule has 1 atom stereocenters. The number of ether oxygens (including phenoxy) is 2. The smallest absolute Gasteiger partial charge is 0.264 e. The van der Waals surface area contributed by atoms with Crippen molar-refractivity contribution in [3.05, 3.63) is 119 Å². The van der Waals surface area contributed by atoms with Crippen molar-refractivity contribution < 1.29 is 31.9 Å². The second-order valence-corrected chi connectivity index (χ2v) is 14.3. The molecule has 0 aliphatic heterocycles. The van der Waals surface area contributed by atoms with E-state index in [0.29, 0.717) is 16.3 Å².